The maximum Gasteiger partial charge on any atom is 0.270 e. The molecule has 2 amide bonds. The highest BCUT2D eigenvalue weighted by molar-refractivity contribution is 5.93. The van der Waals surface area contributed by atoms with Crippen molar-refractivity contribution < 1.29 is 14.8 Å². The number of rotatable bonds is 7. The van der Waals surface area contributed by atoms with Crippen LogP contribution < -0.4 is 5.48 Å². The lowest BCUT2D eigenvalue weighted by molar-refractivity contribution is -0.124. The molecule has 2 heterocycles. The van der Waals surface area contributed by atoms with Crippen molar-refractivity contribution in [3.63, 3.8) is 0 Å². The average molecular weight is 455 g/mol. The van der Waals surface area contributed by atoms with E-state index in [1.54, 1.807) is 17.8 Å². The van der Waals surface area contributed by atoms with E-state index in [1.807, 2.05) is 53.6 Å². The van der Waals surface area contributed by atoms with Crippen LogP contribution in [-0.2, 0) is 17.6 Å². The summed E-state index contributed by atoms with van der Waals surface area (Å²) in [4.78, 5) is 33.2. The second-order valence-electron chi connectivity index (χ2n) is 8.51. The van der Waals surface area contributed by atoms with Crippen LogP contribution in [0.15, 0.2) is 73.1 Å². The number of hydrogen-bond acceptors (Lipinski definition) is 3. The van der Waals surface area contributed by atoms with Gasteiger partial charge in [0.15, 0.2) is 0 Å². The Hall–Kier alpha value is -4.10. The van der Waals surface area contributed by atoms with Crippen LogP contribution in [0.3, 0.4) is 0 Å². The van der Waals surface area contributed by atoms with Gasteiger partial charge in [0.1, 0.15) is 5.69 Å². The third kappa shape index (κ3) is 4.25. The molecule has 0 spiro atoms. The van der Waals surface area contributed by atoms with Crippen LogP contribution in [0, 0.1) is 0 Å². The van der Waals surface area contributed by atoms with Gasteiger partial charge in [-0.2, -0.15) is 0 Å². The van der Waals surface area contributed by atoms with Gasteiger partial charge >= 0.3 is 0 Å². The largest absolute Gasteiger partial charge is 0.361 e. The Morgan fingerprint density at radius 3 is 2.82 bits per heavy atom. The normalized spacial score (nSPS) is 15.0. The Bertz CT molecular complexity index is 1350. The first kappa shape index (κ1) is 21.7. The Morgan fingerprint density at radius 2 is 2.00 bits per heavy atom. The van der Waals surface area contributed by atoms with Gasteiger partial charge in [-0.15, -0.1) is 0 Å². The molecular weight excluding hydrogens is 428 g/mol. The number of nitrogens with one attached hydrogen (secondary N) is 3. The Morgan fingerprint density at radius 1 is 1.12 bits per heavy atom. The Labute approximate surface area is 197 Å². The minimum absolute atomic E-state index is 0.00807. The third-order valence-electron chi connectivity index (χ3n) is 6.51. The monoisotopic (exact) mass is 454 g/mol. The zero-order valence-corrected chi connectivity index (χ0v) is 18.6. The van der Waals surface area contributed by atoms with E-state index in [-0.39, 0.29) is 11.9 Å². The molecule has 1 unspecified atom stereocenters. The summed E-state index contributed by atoms with van der Waals surface area (Å²) in [6.07, 6.45) is 9.21. The number of amides is 2. The van der Waals surface area contributed by atoms with E-state index in [4.69, 9.17) is 5.21 Å². The number of benzene rings is 2. The number of nitrogens with zero attached hydrogens (tertiary/aromatic N) is 1. The highest BCUT2D eigenvalue weighted by atomic mass is 16.5. The molecule has 0 saturated heterocycles. The molecule has 5 rings (SSSR count). The van der Waals surface area contributed by atoms with E-state index >= 15 is 0 Å². The summed E-state index contributed by atoms with van der Waals surface area (Å²) in [7, 11) is 0. The fraction of sp³-hybridized carbons (Fsp3) is 0.185. The van der Waals surface area contributed by atoms with Crippen LogP contribution in [-0.4, -0.2) is 38.4 Å². The molecular formula is C27H26N4O3. The molecule has 0 radical (unpaired) electrons. The molecule has 7 nitrogen and oxygen atoms in total. The smallest absolute Gasteiger partial charge is 0.270 e. The average Bonchev–Trinajstić information content (AvgIpc) is 3.63. The maximum absolute atomic E-state index is 13.5. The van der Waals surface area contributed by atoms with Crippen molar-refractivity contribution in [2.24, 2.45) is 0 Å². The first-order chi connectivity index (χ1) is 16.6. The summed E-state index contributed by atoms with van der Waals surface area (Å²) in [5.41, 5.74) is 7.67. The molecule has 0 bridgehead atoms. The summed E-state index contributed by atoms with van der Waals surface area (Å²) in [6.45, 7) is 0.599. The van der Waals surface area contributed by atoms with Crippen molar-refractivity contribution in [2.75, 3.05) is 6.54 Å². The fourth-order valence-electron chi connectivity index (χ4n) is 4.85. The molecule has 4 aromatic rings. The number of aromatic nitrogens is 2. The summed E-state index contributed by atoms with van der Waals surface area (Å²) < 4.78 is 0. The molecule has 4 N–H and O–H groups in total. The second kappa shape index (κ2) is 9.41. The minimum Gasteiger partial charge on any atom is -0.361 e. The van der Waals surface area contributed by atoms with Crippen molar-refractivity contribution in [3.8, 4) is 0 Å². The lowest BCUT2D eigenvalue weighted by atomic mass is 10.0. The van der Waals surface area contributed by atoms with Gasteiger partial charge in [-0.25, -0.2) is 5.48 Å². The van der Waals surface area contributed by atoms with Gasteiger partial charge in [0.05, 0.1) is 6.04 Å². The molecule has 0 saturated carbocycles. The van der Waals surface area contributed by atoms with Gasteiger partial charge < -0.3 is 14.9 Å². The van der Waals surface area contributed by atoms with Gasteiger partial charge in [0.25, 0.3) is 11.8 Å². The predicted molar refractivity (Wildman–Crippen MR) is 130 cm³/mol. The molecule has 0 aliphatic heterocycles. The first-order valence-electron chi connectivity index (χ1n) is 11.4. The van der Waals surface area contributed by atoms with Crippen LogP contribution in [0.5, 0.6) is 0 Å². The lowest BCUT2D eigenvalue weighted by Crippen LogP contribution is -2.36. The van der Waals surface area contributed by atoms with E-state index in [2.05, 4.69) is 22.1 Å². The maximum atomic E-state index is 13.5. The Kier molecular flexibility index (Phi) is 6.01. The number of para-hydroxylation sites is 1. The Balaban J connectivity index is 1.42. The zero-order valence-electron chi connectivity index (χ0n) is 18.6. The van der Waals surface area contributed by atoms with E-state index in [0.717, 1.165) is 35.9 Å². The molecule has 1 aliphatic rings. The summed E-state index contributed by atoms with van der Waals surface area (Å²) in [6, 6.07) is 17.9. The minimum atomic E-state index is -0.571. The number of aromatic amines is 2. The van der Waals surface area contributed by atoms with Gasteiger partial charge in [-0.1, -0.05) is 36.4 Å². The van der Waals surface area contributed by atoms with Gasteiger partial charge in [-0.3, -0.25) is 14.8 Å². The number of hydrogen-bond donors (Lipinski definition) is 4. The number of carbonyl (C=O) groups is 2. The fourth-order valence-corrected chi connectivity index (χ4v) is 4.85. The molecule has 0 fully saturated rings. The van der Waals surface area contributed by atoms with Crippen molar-refractivity contribution >= 4 is 28.8 Å². The summed E-state index contributed by atoms with van der Waals surface area (Å²) in [5, 5.41) is 9.86. The summed E-state index contributed by atoms with van der Waals surface area (Å²) >= 11 is 0. The third-order valence-corrected chi connectivity index (χ3v) is 6.51. The predicted octanol–water partition coefficient (Wildman–Crippen LogP) is 4.39. The van der Waals surface area contributed by atoms with E-state index in [9.17, 15) is 9.59 Å². The number of fused-ring (bicyclic) bond motifs is 2. The van der Waals surface area contributed by atoms with E-state index in [1.165, 1.54) is 22.6 Å². The number of carbonyl (C=O) groups excluding carboxylic acids is 2. The molecule has 2 aromatic carbocycles. The quantitative estimate of drug-likeness (QED) is 0.189. The SMILES string of the molecule is O=C(/C=C/c1ccc2c(c1)CCC2N(CCc1c[nH]c2ccccc12)C(=O)c1ccc[nH]1)NO. The molecule has 1 aliphatic carbocycles. The van der Waals surface area contributed by atoms with Crippen LogP contribution >= 0.6 is 0 Å². The standard InChI is InChI=1S/C27H26N4O3/c32-26(30-34)12-8-18-7-10-22-19(16-18)9-11-25(22)31(27(33)24-6-3-14-28-24)15-13-20-17-29-23-5-2-1-4-21(20)23/h1-8,10,12,14,16-17,25,28-29,34H,9,11,13,15H2,(H,30,32)/b12-8+. The van der Waals surface area contributed by atoms with Gasteiger partial charge in [-0.05, 0) is 65.8 Å². The first-order valence-corrected chi connectivity index (χ1v) is 11.4. The number of H-pyrrole nitrogens is 2. The molecule has 2 aromatic heterocycles. The van der Waals surface area contributed by atoms with Gasteiger partial charge in [0, 0.05) is 35.9 Å². The highest BCUT2D eigenvalue weighted by Crippen LogP contribution is 2.37. The van der Waals surface area contributed by atoms with Gasteiger partial charge in [0.2, 0.25) is 0 Å². The van der Waals surface area contributed by atoms with Crippen LogP contribution in [0.25, 0.3) is 17.0 Å². The van der Waals surface area contributed by atoms with Crippen molar-refractivity contribution in [1.82, 2.24) is 20.3 Å². The van der Waals surface area contributed by atoms with Crippen molar-refractivity contribution in [1.29, 1.82) is 0 Å². The summed E-state index contributed by atoms with van der Waals surface area (Å²) in [5.74, 6) is -0.579. The highest BCUT2D eigenvalue weighted by Gasteiger charge is 2.32. The zero-order chi connectivity index (χ0) is 23.5. The molecule has 1 atom stereocenters. The molecule has 34 heavy (non-hydrogen) atoms. The van der Waals surface area contributed by atoms with Crippen LogP contribution in [0.2, 0.25) is 0 Å². The topological polar surface area (TPSA) is 101 Å². The molecule has 7 heteroatoms. The van der Waals surface area contributed by atoms with Crippen LogP contribution in [0.1, 0.15) is 45.2 Å². The number of hydroxylamine groups is 1. The van der Waals surface area contributed by atoms with Crippen LogP contribution in [0.4, 0.5) is 0 Å². The van der Waals surface area contributed by atoms with Crippen molar-refractivity contribution in [2.45, 2.75) is 25.3 Å². The van der Waals surface area contributed by atoms with Crippen molar-refractivity contribution in [3.05, 3.63) is 101 Å². The molecule has 172 valence electrons. The lowest BCUT2D eigenvalue weighted by Gasteiger charge is -2.29. The van der Waals surface area contributed by atoms with E-state index < -0.39 is 5.91 Å². The number of aryl methyl sites for hydroxylation is 1. The van der Waals surface area contributed by atoms with E-state index in [0.29, 0.717) is 12.2 Å². The second-order valence-corrected chi connectivity index (χ2v) is 8.51.